The van der Waals surface area contributed by atoms with Crippen molar-refractivity contribution in [1.29, 1.82) is 0 Å². The molecule has 5 nitrogen and oxygen atoms in total. The average Bonchev–Trinajstić information content (AvgIpc) is 2.50. The van der Waals surface area contributed by atoms with E-state index >= 15 is 0 Å². The minimum absolute atomic E-state index is 0.0767. The Labute approximate surface area is 130 Å². The Morgan fingerprint density at radius 2 is 1.82 bits per heavy atom. The second kappa shape index (κ2) is 9.50. The number of ether oxygens (including phenoxy) is 1. The number of hydrogen-bond donors (Lipinski definition) is 1. The van der Waals surface area contributed by atoms with Gasteiger partial charge in [-0.3, -0.25) is 14.4 Å². The predicted octanol–water partition coefficient (Wildman–Crippen LogP) is 2.36. The zero-order valence-electron chi connectivity index (χ0n) is 12.9. The molecule has 1 rings (SSSR count). The van der Waals surface area contributed by atoms with E-state index in [1.807, 2.05) is 24.3 Å². The quantitative estimate of drug-likeness (QED) is 0.591. The number of rotatable bonds is 8. The Morgan fingerprint density at radius 3 is 2.41 bits per heavy atom. The van der Waals surface area contributed by atoms with Gasteiger partial charge in [0.15, 0.2) is 5.78 Å². The van der Waals surface area contributed by atoms with Crippen molar-refractivity contribution in [3.8, 4) is 0 Å². The van der Waals surface area contributed by atoms with E-state index in [4.69, 9.17) is 4.74 Å². The Bertz CT molecular complexity index is 546. The number of benzene rings is 1. The third-order valence-electron chi connectivity index (χ3n) is 2.87. The number of carbonyl (C=O) groups is 3. The molecular weight excluding hydrogens is 282 g/mol. The van der Waals surface area contributed by atoms with Crippen LogP contribution >= 0.6 is 0 Å². The molecule has 0 aromatic heterocycles. The molecular formula is C17H21NO4. The van der Waals surface area contributed by atoms with Crippen LogP contribution in [0.25, 0.3) is 6.08 Å². The molecule has 0 aliphatic heterocycles. The highest BCUT2D eigenvalue weighted by molar-refractivity contribution is 5.97. The molecule has 1 amide bonds. The molecule has 0 unspecified atom stereocenters. The number of ketones is 1. The standard InChI is InChI=1S/C17H21NO4/c1-3-22-17(21)11-10-16(20)15-8-6-14(7-9-15)5-4-12-18-13(2)19/h4-9H,3,10-12H2,1-2H3,(H,18,19). The highest BCUT2D eigenvalue weighted by Crippen LogP contribution is 2.10. The molecule has 22 heavy (non-hydrogen) atoms. The van der Waals surface area contributed by atoms with Crippen molar-refractivity contribution < 1.29 is 19.1 Å². The Morgan fingerprint density at radius 1 is 1.14 bits per heavy atom. The molecule has 1 N–H and O–H groups in total. The van der Waals surface area contributed by atoms with Crippen LogP contribution < -0.4 is 5.32 Å². The van der Waals surface area contributed by atoms with Crippen LogP contribution in [0.1, 0.15) is 42.6 Å². The fourth-order valence-corrected chi connectivity index (χ4v) is 1.77. The molecule has 0 spiro atoms. The van der Waals surface area contributed by atoms with E-state index < -0.39 is 0 Å². The highest BCUT2D eigenvalue weighted by Gasteiger charge is 2.09. The molecule has 118 valence electrons. The molecule has 0 radical (unpaired) electrons. The van der Waals surface area contributed by atoms with Gasteiger partial charge in [-0.25, -0.2) is 0 Å². The van der Waals surface area contributed by atoms with E-state index in [2.05, 4.69) is 5.32 Å². The van der Waals surface area contributed by atoms with Gasteiger partial charge in [-0.05, 0) is 12.5 Å². The zero-order valence-corrected chi connectivity index (χ0v) is 12.9. The van der Waals surface area contributed by atoms with Gasteiger partial charge >= 0.3 is 5.97 Å². The molecule has 5 heteroatoms. The van der Waals surface area contributed by atoms with E-state index in [0.29, 0.717) is 18.7 Å². The van der Waals surface area contributed by atoms with Gasteiger partial charge in [0.2, 0.25) is 5.91 Å². The number of Topliss-reactive ketones (excluding diaryl/α,β-unsaturated/α-hetero) is 1. The molecule has 0 atom stereocenters. The summed E-state index contributed by atoms with van der Waals surface area (Å²) in [6, 6.07) is 7.10. The van der Waals surface area contributed by atoms with Gasteiger partial charge in [0, 0.05) is 25.5 Å². The fourth-order valence-electron chi connectivity index (χ4n) is 1.77. The van der Waals surface area contributed by atoms with Gasteiger partial charge in [0.05, 0.1) is 13.0 Å². The van der Waals surface area contributed by atoms with E-state index in [1.165, 1.54) is 6.92 Å². The molecule has 0 bridgehead atoms. The Hall–Kier alpha value is -2.43. The molecule has 1 aromatic carbocycles. The third-order valence-corrected chi connectivity index (χ3v) is 2.87. The van der Waals surface area contributed by atoms with Crippen molar-refractivity contribution in [2.75, 3.05) is 13.2 Å². The smallest absolute Gasteiger partial charge is 0.306 e. The van der Waals surface area contributed by atoms with Gasteiger partial charge in [0.25, 0.3) is 0 Å². The summed E-state index contributed by atoms with van der Waals surface area (Å²) in [6.07, 6.45) is 3.95. The van der Waals surface area contributed by atoms with Crippen molar-refractivity contribution in [2.24, 2.45) is 0 Å². The summed E-state index contributed by atoms with van der Waals surface area (Å²) in [5.41, 5.74) is 1.51. The molecule has 0 fully saturated rings. The topological polar surface area (TPSA) is 72.5 Å². The maximum atomic E-state index is 11.9. The lowest BCUT2D eigenvalue weighted by molar-refractivity contribution is -0.143. The van der Waals surface area contributed by atoms with Crippen LogP contribution in [0.5, 0.6) is 0 Å². The number of amides is 1. The third kappa shape index (κ3) is 6.83. The molecule has 0 heterocycles. The van der Waals surface area contributed by atoms with Crippen LogP contribution in [0.3, 0.4) is 0 Å². The second-order valence-corrected chi connectivity index (χ2v) is 4.69. The van der Waals surface area contributed by atoms with Crippen LogP contribution in [-0.4, -0.2) is 30.8 Å². The summed E-state index contributed by atoms with van der Waals surface area (Å²) < 4.78 is 4.79. The minimum Gasteiger partial charge on any atom is -0.466 e. The molecule has 0 saturated heterocycles. The van der Waals surface area contributed by atoms with E-state index in [9.17, 15) is 14.4 Å². The van der Waals surface area contributed by atoms with Gasteiger partial charge in [-0.15, -0.1) is 0 Å². The van der Waals surface area contributed by atoms with Crippen LogP contribution in [-0.2, 0) is 14.3 Å². The molecule has 0 saturated carbocycles. The summed E-state index contributed by atoms with van der Waals surface area (Å²) in [5.74, 6) is -0.512. The number of esters is 1. The monoisotopic (exact) mass is 303 g/mol. The lowest BCUT2D eigenvalue weighted by Gasteiger charge is -2.02. The van der Waals surface area contributed by atoms with Gasteiger partial charge in [-0.2, -0.15) is 0 Å². The Balaban J connectivity index is 2.48. The predicted molar refractivity (Wildman–Crippen MR) is 84.4 cm³/mol. The lowest BCUT2D eigenvalue weighted by atomic mass is 10.0. The van der Waals surface area contributed by atoms with Crippen LogP contribution in [0.15, 0.2) is 30.3 Å². The summed E-state index contributed by atoms with van der Waals surface area (Å²) in [7, 11) is 0. The van der Waals surface area contributed by atoms with Crippen molar-refractivity contribution in [3.05, 3.63) is 41.5 Å². The number of nitrogens with one attached hydrogen (secondary N) is 1. The molecule has 0 aliphatic carbocycles. The molecule has 1 aromatic rings. The van der Waals surface area contributed by atoms with E-state index in [0.717, 1.165) is 5.56 Å². The van der Waals surface area contributed by atoms with Crippen molar-refractivity contribution >= 4 is 23.7 Å². The lowest BCUT2D eigenvalue weighted by Crippen LogP contribution is -2.19. The average molecular weight is 303 g/mol. The Kier molecular flexibility index (Phi) is 7.61. The first-order valence-electron chi connectivity index (χ1n) is 7.22. The summed E-state index contributed by atoms with van der Waals surface area (Å²) >= 11 is 0. The summed E-state index contributed by atoms with van der Waals surface area (Å²) in [5, 5.41) is 2.66. The van der Waals surface area contributed by atoms with Crippen LogP contribution in [0.2, 0.25) is 0 Å². The SMILES string of the molecule is CCOC(=O)CCC(=O)c1ccc(C=CCNC(C)=O)cc1. The van der Waals surface area contributed by atoms with Gasteiger partial charge < -0.3 is 10.1 Å². The minimum atomic E-state index is -0.353. The molecule has 0 aliphatic rings. The normalized spacial score (nSPS) is 10.5. The second-order valence-electron chi connectivity index (χ2n) is 4.69. The number of hydrogen-bond acceptors (Lipinski definition) is 4. The van der Waals surface area contributed by atoms with Crippen molar-refractivity contribution in [1.82, 2.24) is 5.32 Å². The first-order chi connectivity index (χ1) is 10.5. The van der Waals surface area contributed by atoms with Crippen LogP contribution in [0.4, 0.5) is 0 Å². The fraction of sp³-hybridized carbons (Fsp3) is 0.353. The van der Waals surface area contributed by atoms with E-state index in [-0.39, 0.29) is 30.5 Å². The summed E-state index contributed by atoms with van der Waals surface area (Å²) in [6.45, 7) is 3.99. The maximum Gasteiger partial charge on any atom is 0.306 e. The van der Waals surface area contributed by atoms with Gasteiger partial charge in [-0.1, -0.05) is 36.4 Å². The van der Waals surface area contributed by atoms with Crippen LogP contribution in [0, 0.1) is 0 Å². The van der Waals surface area contributed by atoms with Crippen molar-refractivity contribution in [3.63, 3.8) is 0 Å². The van der Waals surface area contributed by atoms with E-state index in [1.54, 1.807) is 19.1 Å². The first-order valence-corrected chi connectivity index (χ1v) is 7.22. The highest BCUT2D eigenvalue weighted by atomic mass is 16.5. The maximum absolute atomic E-state index is 11.9. The van der Waals surface area contributed by atoms with Gasteiger partial charge in [0.1, 0.15) is 0 Å². The zero-order chi connectivity index (χ0) is 16.4. The largest absolute Gasteiger partial charge is 0.466 e. The number of carbonyl (C=O) groups excluding carboxylic acids is 3. The summed E-state index contributed by atoms with van der Waals surface area (Å²) in [4.78, 5) is 33.9. The van der Waals surface area contributed by atoms with Crippen molar-refractivity contribution in [2.45, 2.75) is 26.7 Å². The first kappa shape index (κ1) is 17.6.